The number of nitrogens with two attached hydrogens (primary N) is 1. The van der Waals surface area contributed by atoms with Gasteiger partial charge in [0.05, 0.1) is 5.69 Å². The number of oxazole rings is 1. The van der Waals surface area contributed by atoms with Crippen molar-refractivity contribution >= 4 is 16.8 Å². The van der Waals surface area contributed by atoms with Gasteiger partial charge in [-0.15, -0.1) is 0 Å². The van der Waals surface area contributed by atoms with Gasteiger partial charge in [-0.1, -0.05) is 30.3 Å². The van der Waals surface area contributed by atoms with Crippen LogP contribution < -0.4 is 5.73 Å². The molecule has 0 fully saturated rings. The van der Waals surface area contributed by atoms with Crippen LogP contribution in [0.25, 0.3) is 11.1 Å². The Hall–Kier alpha value is -2.36. The molecule has 0 amide bonds. The smallest absolute Gasteiger partial charge is 0.195 e. The lowest BCUT2D eigenvalue weighted by atomic mass is 10.1. The zero-order valence-corrected chi connectivity index (χ0v) is 10.3. The molecular formula is C15H13FN2O. The predicted octanol–water partition coefficient (Wildman–Crippen LogP) is 3.33. The number of benzene rings is 2. The Morgan fingerprint density at radius 2 is 1.89 bits per heavy atom. The number of halogens is 1. The summed E-state index contributed by atoms with van der Waals surface area (Å²) >= 11 is 0. The van der Waals surface area contributed by atoms with Crippen LogP contribution >= 0.6 is 0 Å². The van der Waals surface area contributed by atoms with E-state index in [9.17, 15) is 4.39 Å². The van der Waals surface area contributed by atoms with E-state index < -0.39 is 5.82 Å². The Kier molecular flexibility index (Phi) is 2.91. The van der Waals surface area contributed by atoms with Gasteiger partial charge in [0, 0.05) is 18.6 Å². The van der Waals surface area contributed by atoms with Crippen LogP contribution in [-0.4, -0.2) is 4.98 Å². The van der Waals surface area contributed by atoms with Gasteiger partial charge in [-0.05, 0) is 12.0 Å². The number of hydrogen-bond donors (Lipinski definition) is 1. The largest absolute Gasteiger partial charge is 0.439 e. The highest BCUT2D eigenvalue weighted by atomic mass is 19.1. The summed E-state index contributed by atoms with van der Waals surface area (Å²) in [4.78, 5) is 4.26. The molecule has 3 rings (SSSR count). The molecule has 2 aromatic carbocycles. The molecule has 1 aromatic heterocycles. The molecule has 0 saturated carbocycles. The summed E-state index contributed by atoms with van der Waals surface area (Å²) in [7, 11) is 0. The number of rotatable bonds is 3. The third kappa shape index (κ3) is 2.42. The molecule has 3 aromatic rings. The van der Waals surface area contributed by atoms with Gasteiger partial charge < -0.3 is 10.2 Å². The van der Waals surface area contributed by atoms with Gasteiger partial charge in [-0.3, -0.25) is 0 Å². The van der Waals surface area contributed by atoms with Gasteiger partial charge >= 0.3 is 0 Å². The van der Waals surface area contributed by atoms with Gasteiger partial charge in [0.2, 0.25) is 0 Å². The average molecular weight is 256 g/mol. The van der Waals surface area contributed by atoms with Crippen molar-refractivity contribution in [3.8, 4) is 0 Å². The first-order chi connectivity index (χ1) is 9.22. The summed E-state index contributed by atoms with van der Waals surface area (Å²) in [6.45, 7) is 0. The van der Waals surface area contributed by atoms with Crippen LogP contribution in [0.2, 0.25) is 0 Å². The van der Waals surface area contributed by atoms with E-state index in [4.69, 9.17) is 10.2 Å². The minimum atomic E-state index is -0.395. The second kappa shape index (κ2) is 4.72. The standard InChI is InChI=1S/C15H13FN2O/c16-11-8-12(17)15-13(9-11)18-14(19-15)7-6-10-4-2-1-3-5-10/h1-5,8-9H,6-7,17H2. The molecule has 96 valence electrons. The molecule has 0 aliphatic carbocycles. The quantitative estimate of drug-likeness (QED) is 0.731. The van der Waals surface area contributed by atoms with Crippen molar-refractivity contribution in [1.82, 2.24) is 4.98 Å². The second-order valence-corrected chi connectivity index (χ2v) is 4.44. The monoisotopic (exact) mass is 256 g/mol. The molecule has 0 saturated heterocycles. The van der Waals surface area contributed by atoms with Crippen molar-refractivity contribution in [2.24, 2.45) is 0 Å². The lowest BCUT2D eigenvalue weighted by molar-refractivity contribution is 0.529. The first-order valence-corrected chi connectivity index (χ1v) is 6.11. The summed E-state index contributed by atoms with van der Waals surface area (Å²) < 4.78 is 18.8. The third-order valence-corrected chi connectivity index (χ3v) is 3.00. The molecule has 2 N–H and O–H groups in total. The molecule has 0 aliphatic rings. The van der Waals surface area contributed by atoms with Crippen molar-refractivity contribution in [3.05, 3.63) is 59.7 Å². The number of aryl methyl sites for hydroxylation is 2. The molecule has 0 spiro atoms. The zero-order chi connectivity index (χ0) is 13.2. The molecular weight excluding hydrogens is 243 g/mol. The highest BCUT2D eigenvalue weighted by Crippen LogP contribution is 2.24. The average Bonchev–Trinajstić information content (AvgIpc) is 2.81. The zero-order valence-electron chi connectivity index (χ0n) is 10.3. The maximum absolute atomic E-state index is 13.2. The third-order valence-electron chi connectivity index (χ3n) is 3.00. The number of nitrogens with zero attached hydrogens (tertiary/aromatic N) is 1. The first-order valence-electron chi connectivity index (χ1n) is 6.11. The van der Waals surface area contributed by atoms with Gasteiger partial charge in [0.15, 0.2) is 11.5 Å². The maximum Gasteiger partial charge on any atom is 0.195 e. The Bertz CT molecular complexity index is 707. The molecule has 19 heavy (non-hydrogen) atoms. The highest BCUT2D eigenvalue weighted by molar-refractivity contribution is 5.84. The van der Waals surface area contributed by atoms with Crippen molar-refractivity contribution in [1.29, 1.82) is 0 Å². The normalized spacial score (nSPS) is 11.0. The number of aromatic nitrogens is 1. The summed E-state index contributed by atoms with van der Waals surface area (Å²) in [5.74, 6) is 0.184. The van der Waals surface area contributed by atoms with E-state index in [0.29, 0.717) is 23.4 Å². The van der Waals surface area contributed by atoms with Gasteiger partial charge in [-0.2, -0.15) is 0 Å². The fraction of sp³-hybridized carbons (Fsp3) is 0.133. The number of hydrogen-bond acceptors (Lipinski definition) is 3. The van der Waals surface area contributed by atoms with Crippen LogP contribution in [0.5, 0.6) is 0 Å². The van der Waals surface area contributed by atoms with E-state index in [0.717, 1.165) is 6.42 Å². The Morgan fingerprint density at radius 3 is 2.68 bits per heavy atom. The van der Waals surface area contributed by atoms with Crippen LogP contribution in [0, 0.1) is 5.82 Å². The van der Waals surface area contributed by atoms with Gasteiger partial charge in [0.1, 0.15) is 11.3 Å². The molecule has 0 radical (unpaired) electrons. The Labute approximate surface area is 109 Å². The lowest BCUT2D eigenvalue weighted by Gasteiger charge is -1.97. The van der Waals surface area contributed by atoms with Gasteiger partial charge in [0.25, 0.3) is 0 Å². The SMILES string of the molecule is Nc1cc(F)cc2nc(CCc3ccccc3)oc12. The number of fused-ring (bicyclic) bond motifs is 1. The minimum Gasteiger partial charge on any atom is -0.439 e. The van der Waals surface area contributed by atoms with E-state index in [-0.39, 0.29) is 5.69 Å². The van der Waals surface area contributed by atoms with Crippen LogP contribution in [0.4, 0.5) is 10.1 Å². The van der Waals surface area contributed by atoms with Crippen LogP contribution in [-0.2, 0) is 12.8 Å². The van der Waals surface area contributed by atoms with Gasteiger partial charge in [-0.25, -0.2) is 9.37 Å². The van der Waals surface area contributed by atoms with Crippen LogP contribution in [0.3, 0.4) is 0 Å². The summed E-state index contributed by atoms with van der Waals surface area (Å²) in [6, 6.07) is 12.7. The molecule has 4 heteroatoms. The van der Waals surface area contributed by atoms with Crippen molar-refractivity contribution in [2.75, 3.05) is 5.73 Å². The van der Waals surface area contributed by atoms with E-state index in [2.05, 4.69) is 17.1 Å². The lowest BCUT2D eigenvalue weighted by Crippen LogP contribution is -1.90. The maximum atomic E-state index is 13.2. The number of anilines is 1. The second-order valence-electron chi connectivity index (χ2n) is 4.44. The highest BCUT2D eigenvalue weighted by Gasteiger charge is 2.10. The van der Waals surface area contributed by atoms with Crippen LogP contribution in [0.15, 0.2) is 46.9 Å². The Balaban J connectivity index is 1.84. The predicted molar refractivity (Wildman–Crippen MR) is 72.2 cm³/mol. The molecule has 0 atom stereocenters. The Morgan fingerprint density at radius 1 is 1.11 bits per heavy atom. The van der Waals surface area contributed by atoms with E-state index in [1.54, 1.807) is 0 Å². The number of nitrogen functional groups attached to an aromatic ring is 1. The molecule has 0 unspecified atom stereocenters. The first kappa shape index (κ1) is 11.7. The van der Waals surface area contributed by atoms with E-state index >= 15 is 0 Å². The van der Waals surface area contributed by atoms with Crippen molar-refractivity contribution < 1.29 is 8.81 Å². The summed E-state index contributed by atoms with van der Waals surface area (Å²) in [6.07, 6.45) is 1.50. The fourth-order valence-corrected chi connectivity index (χ4v) is 2.07. The molecule has 3 nitrogen and oxygen atoms in total. The van der Waals surface area contributed by atoms with Crippen LogP contribution in [0.1, 0.15) is 11.5 Å². The van der Waals surface area contributed by atoms with Crippen molar-refractivity contribution in [2.45, 2.75) is 12.8 Å². The fourth-order valence-electron chi connectivity index (χ4n) is 2.07. The summed E-state index contributed by atoms with van der Waals surface area (Å²) in [5, 5.41) is 0. The molecule has 0 bridgehead atoms. The topological polar surface area (TPSA) is 52.0 Å². The van der Waals surface area contributed by atoms with E-state index in [1.807, 2.05) is 18.2 Å². The van der Waals surface area contributed by atoms with E-state index in [1.165, 1.54) is 17.7 Å². The summed E-state index contributed by atoms with van der Waals surface area (Å²) in [5.41, 5.74) is 8.14. The molecule has 1 heterocycles. The van der Waals surface area contributed by atoms with Crippen molar-refractivity contribution in [3.63, 3.8) is 0 Å². The molecule has 0 aliphatic heterocycles. The minimum absolute atomic E-state index is 0.286.